The number of aromatic nitrogens is 4. The number of hydrogen-bond donors (Lipinski definition) is 1. The predicted molar refractivity (Wildman–Crippen MR) is 74.3 cm³/mol. The number of nitrogens with zero attached hydrogens (tertiary/aromatic N) is 4. The quantitative estimate of drug-likeness (QED) is 0.876. The van der Waals surface area contributed by atoms with Crippen LogP contribution in [0.1, 0.15) is 19.0 Å². The van der Waals surface area contributed by atoms with E-state index in [0.29, 0.717) is 19.5 Å². The second kappa shape index (κ2) is 6.51. The van der Waals surface area contributed by atoms with Crippen molar-refractivity contribution in [2.75, 3.05) is 0 Å². The molecule has 19 heavy (non-hydrogen) atoms. The Labute approximate surface area is 119 Å². The second-order valence-corrected chi connectivity index (χ2v) is 5.03. The van der Waals surface area contributed by atoms with E-state index >= 15 is 0 Å². The lowest BCUT2D eigenvalue weighted by Gasteiger charge is -2.03. The monoisotopic (exact) mass is 325 g/mol. The van der Waals surface area contributed by atoms with Crippen molar-refractivity contribution in [1.82, 2.24) is 24.9 Å². The summed E-state index contributed by atoms with van der Waals surface area (Å²) in [6, 6.07) is 1.91. The molecule has 0 fully saturated rings. The smallest absolute Gasteiger partial charge is 0.222 e. The fraction of sp³-hybridized carbons (Fsp3) is 0.417. The van der Waals surface area contributed by atoms with Crippen molar-refractivity contribution in [3.8, 4) is 0 Å². The summed E-state index contributed by atoms with van der Waals surface area (Å²) in [6.07, 6.45) is 5.86. The third-order valence-corrected chi connectivity index (χ3v) is 3.07. The fourth-order valence-electron chi connectivity index (χ4n) is 1.63. The molecule has 1 amide bonds. The summed E-state index contributed by atoms with van der Waals surface area (Å²) < 4.78 is 4.48. The highest BCUT2D eigenvalue weighted by Gasteiger charge is 2.04. The van der Waals surface area contributed by atoms with Crippen molar-refractivity contribution in [3.63, 3.8) is 0 Å². The Kier molecular flexibility index (Phi) is 4.73. The van der Waals surface area contributed by atoms with E-state index < -0.39 is 0 Å². The van der Waals surface area contributed by atoms with Gasteiger partial charge in [-0.15, -0.1) is 0 Å². The van der Waals surface area contributed by atoms with Gasteiger partial charge in [0, 0.05) is 31.9 Å². The maximum Gasteiger partial charge on any atom is 0.222 e. The number of rotatable bonds is 6. The van der Waals surface area contributed by atoms with Gasteiger partial charge in [-0.1, -0.05) is 0 Å². The minimum absolute atomic E-state index is 0.00216. The summed E-state index contributed by atoms with van der Waals surface area (Å²) >= 11 is 3.32. The molecule has 0 spiro atoms. The van der Waals surface area contributed by atoms with Gasteiger partial charge < -0.3 is 5.32 Å². The Bertz CT molecular complexity index is 548. The molecule has 1 N–H and O–H groups in total. The lowest BCUT2D eigenvalue weighted by Crippen LogP contribution is -2.24. The van der Waals surface area contributed by atoms with Crippen molar-refractivity contribution < 1.29 is 4.79 Å². The first-order valence-electron chi connectivity index (χ1n) is 6.14. The molecular weight excluding hydrogens is 310 g/mol. The van der Waals surface area contributed by atoms with E-state index in [1.807, 2.05) is 30.1 Å². The molecule has 2 heterocycles. The second-order valence-electron chi connectivity index (χ2n) is 4.11. The lowest BCUT2D eigenvalue weighted by atomic mass is 10.3. The molecule has 0 radical (unpaired) electrons. The highest BCUT2D eigenvalue weighted by atomic mass is 79.9. The van der Waals surface area contributed by atoms with Gasteiger partial charge in [-0.2, -0.15) is 10.2 Å². The van der Waals surface area contributed by atoms with Gasteiger partial charge in [-0.3, -0.25) is 14.2 Å². The number of hydrogen-bond acceptors (Lipinski definition) is 3. The van der Waals surface area contributed by atoms with Crippen LogP contribution in [-0.4, -0.2) is 25.5 Å². The van der Waals surface area contributed by atoms with Gasteiger partial charge in [-0.25, -0.2) is 0 Å². The zero-order chi connectivity index (χ0) is 13.7. The third kappa shape index (κ3) is 4.20. The summed E-state index contributed by atoms with van der Waals surface area (Å²) in [6.45, 7) is 3.90. The molecule has 2 rings (SSSR count). The molecule has 0 saturated heterocycles. The third-order valence-electron chi connectivity index (χ3n) is 2.66. The van der Waals surface area contributed by atoms with Gasteiger partial charge >= 0.3 is 0 Å². The topological polar surface area (TPSA) is 64.7 Å². The van der Waals surface area contributed by atoms with E-state index in [2.05, 4.69) is 31.4 Å². The molecule has 2 aromatic heterocycles. The molecule has 0 bridgehead atoms. The molecule has 0 aliphatic rings. The van der Waals surface area contributed by atoms with Crippen LogP contribution in [0.15, 0.2) is 29.1 Å². The Balaban J connectivity index is 1.72. The Morgan fingerprint density at radius 3 is 2.95 bits per heavy atom. The predicted octanol–water partition coefficient (Wildman–Crippen LogP) is 1.57. The lowest BCUT2D eigenvalue weighted by molar-refractivity contribution is -0.121. The molecule has 0 aliphatic heterocycles. The van der Waals surface area contributed by atoms with Crippen LogP contribution in [0.2, 0.25) is 0 Å². The average Bonchev–Trinajstić information content (AvgIpc) is 3.02. The minimum Gasteiger partial charge on any atom is -0.350 e. The van der Waals surface area contributed by atoms with Crippen LogP contribution in [-0.2, 0) is 24.4 Å². The Morgan fingerprint density at radius 1 is 1.47 bits per heavy atom. The van der Waals surface area contributed by atoms with Gasteiger partial charge in [0.15, 0.2) is 0 Å². The molecule has 0 aromatic carbocycles. The first kappa shape index (κ1) is 13.8. The highest BCUT2D eigenvalue weighted by Crippen LogP contribution is 2.06. The van der Waals surface area contributed by atoms with E-state index in [-0.39, 0.29) is 5.91 Å². The van der Waals surface area contributed by atoms with Crippen LogP contribution < -0.4 is 5.32 Å². The van der Waals surface area contributed by atoms with Crippen molar-refractivity contribution >= 4 is 21.8 Å². The van der Waals surface area contributed by atoms with Crippen LogP contribution in [0.5, 0.6) is 0 Å². The Hall–Kier alpha value is -1.63. The van der Waals surface area contributed by atoms with Crippen molar-refractivity contribution in [2.45, 2.75) is 33.0 Å². The zero-order valence-electron chi connectivity index (χ0n) is 10.7. The molecule has 0 unspecified atom stereocenters. The fourth-order valence-corrected chi connectivity index (χ4v) is 1.96. The maximum absolute atomic E-state index is 11.7. The number of carbonyl (C=O) groups excluding carboxylic acids is 1. The molecule has 6 nitrogen and oxygen atoms in total. The summed E-state index contributed by atoms with van der Waals surface area (Å²) in [4.78, 5) is 11.7. The van der Waals surface area contributed by atoms with E-state index in [1.54, 1.807) is 10.9 Å². The molecule has 7 heteroatoms. The van der Waals surface area contributed by atoms with Gasteiger partial charge in [-0.05, 0) is 28.9 Å². The van der Waals surface area contributed by atoms with Gasteiger partial charge in [0.1, 0.15) is 0 Å². The summed E-state index contributed by atoms with van der Waals surface area (Å²) in [5.41, 5.74) is 0.872. The largest absolute Gasteiger partial charge is 0.350 e. The van der Waals surface area contributed by atoms with Crippen LogP contribution in [0.25, 0.3) is 0 Å². The van der Waals surface area contributed by atoms with Gasteiger partial charge in [0.25, 0.3) is 0 Å². The van der Waals surface area contributed by atoms with Crippen LogP contribution in [0.4, 0.5) is 0 Å². The van der Waals surface area contributed by atoms with E-state index in [0.717, 1.165) is 16.7 Å². The first-order chi connectivity index (χ1) is 9.17. The molecule has 0 aliphatic carbocycles. The number of halogens is 1. The van der Waals surface area contributed by atoms with Gasteiger partial charge in [0.05, 0.1) is 22.9 Å². The van der Waals surface area contributed by atoms with Gasteiger partial charge in [0.2, 0.25) is 5.91 Å². The summed E-state index contributed by atoms with van der Waals surface area (Å²) in [5, 5.41) is 11.2. The van der Waals surface area contributed by atoms with E-state index in [4.69, 9.17) is 0 Å². The van der Waals surface area contributed by atoms with Crippen molar-refractivity contribution in [1.29, 1.82) is 0 Å². The summed E-state index contributed by atoms with van der Waals surface area (Å²) in [5.74, 6) is -0.00216. The molecule has 2 aromatic rings. The zero-order valence-corrected chi connectivity index (χ0v) is 12.3. The standard InChI is InChI=1S/C12H16BrN5O/c1-2-17-5-3-11(16-17)8-14-12(19)4-6-18-9-10(13)7-15-18/h3,5,7,9H,2,4,6,8H2,1H3,(H,14,19). The maximum atomic E-state index is 11.7. The number of carbonyl (C=O) groups is 1. The van der Waals surface area contributed by atoms with Crippen molar-refractivity contribution in [2.24, 2.45) is 0 Å². The van der Waals surface area contributed by atoms with Crippen LogP contribution in [0, 0.1) is 0 Å². The normalized spacial score (nSPS) is 10.6. The number of amides is 1. The van der Waals surface area contributed by atoms with E-state index in [9.17, 15) is 4.79 Å². The highest BCUT2D eigenvalue weighted by molar-refractivity contribution is 9.10. The number of nitrogens with one attached hydrogen (secondary N) is 1. The summed E-state index contributed by atoms with van der Waals surface area (Å²) in [7, 11) is 0. The van der Waals surface area contributed by atoms with E-state index in [1.165, 1.54) is 0 Å². The van der Waals surface area contributed by atoms with Crippen LogP contribution >= 0.6 is 15.9 Å². The molecule has 0 saturated carbocycles. The number of aryl methyl sites for hydroxylation is 2. The molecular formula is C12H16BrN5O. The minimum atomic E-state index is -0.00216. The molecule has 102 valence electrons. The SMILES string of the molecule is CCn1ccc(CNC(=O)CCn2cc(Br)cn2)n1. The van der Waals surface area contributed by atoms with Crippen LogP contribution in [0.3, 0.4) is 0 Å². The Morgan fingerprint density at radius 2 is 2.32 bits per heavy atom. The first-order valence-corrected chi connectivity index (χ1v) is 6.93. The van der Waals surface area contributed by atoms with Crippen molar-refractivity contribution in [3.05, 3.63) is 34.8 Å². The molecule has 0 atom stereocenters. The average molecular weight is 326 g/mol.